The number of anilines is 2. The molecule has 1 atom stereocenters. The highest BCUT2D eigenvalue weighted by Crippen LogP contribution is 2.55. The van der Waals surface area contributed by atoms with E-state index >= 15 is 0 Å². The smallest absolute Gasteiger partial charge is 0.383 e. The molecule has 262 valence electrons. The quantitative estimate of drug-likeness (QED) is 0.125. The summed E-state index contributed by atoms with van der Waals surface area (Å²) in [5, 5.41) is 25.4. The normalized spacial score (nSPS) is 15.6. The molecule has 3 aromatic heterocycles. The topological polar surface area (TPSA) is 138 Å². The predicted molar refractivity (Wildman–Crippen MR) is 179 cm³/mol. The lowest BCUT2D eigenvalue weighted by atomic mass is 9.95. The lowest BCUT2D eigenvalue weighted by Crippen LogP contribution is -2.35. The van der Waals surface area contributed by atoms with Gasteiger partial charge in [0.15, 0.2) is 15.4 Å². The van der Waals surface area contributed by atoms with Crippen molar-refractivity contribution in [3.05, 3.63) is 70.7 Å². The minimum Gasteiger partial charge on any atom is -0.383 e. The molecule has 1 fully saturated rings. The van der Waals surface area contributed by atoms with E-state index in [4.69, 9.17) is 0 Å². The molecular weight excluding hydrogens is 660 g/mol. The van der Waals surface area contributed by atoms with Gasteiger partial charge in [-0.3, -0.25) is 4.98 Å². The molecule has 49 heavy (non-hydrogen) atoms. The van der Waals surface area contributed by atoms with Gasteiger partial charge in [-0.15, -0.1) is 5.10 Å². The number of nitrogens with one attached hydrogen (secondary N) is 2. The minimum absolute atomic E-state index is 0.120. The number of nitrogens with zero attached hydrogens (tertiary/aromatic N) is 6. The van der Waals surface area contributed by atoms with Crippen LogP contribution >= 0.6 is 0 Å². The van der Waals surface area contributed by atoms with Crippen LogP contribution in [0.5, 0.6) is 0 Å². The highest BCUT2D eigenvalue weighted by atomic mass is 32.2. The molecule has 15 heteroatoms. The molecule has 0 amide bonds. The largest absolute Gasteiger partial charge is 0.413 e. The van der Waals surface area contributed by atoms with Crippen LogP contribution in [0.25, 0.3) is 10.9 Å². The molecule has 1 aromatic carbocycles. The third-order valence-electron chi connectivity index (χ3n) is 9.18. The van der Waals surface area contributed by atoms with E-state index in [0.29, 0.717) is 57.6 Å². The molecule has 2 N–H and O–H groups in total. The van der Waals surface area contributed by atoms with Crippen molar-refractivity contribution in [3.63, 3.8) is 0 Å². The van der Waals surface area contributed by atoms with Gasteiger partial charge >= 0.3 is 6.18 Å². The number of hydrogen-bond donors (Lipinski definition) is 2. The van der Waals surface area contributed by atoms with Crippen molar-refractivity contribution in [2.24, 2.45) is 5.41 Å². The SMILES string of the molecule is Cc1nc(F)ccc1[C@H](Nc1cc(CCC(C)(C)S(C)(=O)=O)c2ncc(C#N)c(NCC(C)(C)C)c2c1)c1cn(C2(C(F)(F)F)CC2)nn1. The van der Waals surface area contributed by atoms with E-state index in [1.54, 1.807) is 32.9 Å². The molecule has 0 spiro atoms. The second kappa shape index (κ2) is 12.5. The Hall–Kier alpha value is -4.32. The number of aromatic nitrogens is 5. The predicted octanol–water partition coefficient (Wildman–Crippen LogP) is 7.01. The summed E-state index contributed by atoms with van der Waals surface area (Å²) in [6.45, 7) is 11.5. The van der Waals surface area contributed by atoms with E-state index in [1.165, 1.54) is 24.7 Å². The zero-order chi connectivity index (χ0) is 36.2. The number of benzene rings is 1. The summed E-state index contributed by atoms with van der Waals surface area (Å²) in [5.74, 6) is -0.719. The molecule has 0 unspecified atom stereocenters. The van der Waals surface area contributed by atoms with Crippen LogP contribution in [0.4, 0.5) is 28.9 Å². The summed E-state index contributed by atoms with van der Waals surface area (Å²) in [6.07, 6.45) is -0.280. The number of halogens is 4. The van der Waals surface area contributed by atoms with Gasteiger partial charge in [-0.1, -0.05) is 32.1 Å². The molecule has 3 heterocycles. The molecule has 0 aliphatic heterocycles. The van der Waals surface area contributed by atoms with Crippen LogP contribution in [-0.4, -0.2) is 57.1 Å². The lowest BCUT2D eigenvalue weighted by molar-refractivity contribution is -0.182. The Morgan fingerprint density at radius 3 is 2.39 bits per heavy atom. The molecule has 1 saturated carbocycles. The maximum atomic E-state index is 14.1. The van der Waals surface area contributed by atoms with E-state index < -0.39 is 38.3 Å². The average molecular weight is 701 g/mol. The minimum atomic E-state index is -4.52. The summed E-state index contributed by atoms with van der Waals surface area (Å²) in [6, 6.07) is 7.52. The number of alkyl halides is 3. The highest BCUT2D eigenvalue weighted by Gasteiger charge is 2.66. The Labute approximate surface area is 283 Å². The zero-order valence-electron chi connectivity index (χ0n) is 28.5. The van der Waals surface area contributed by atoms with Gasteiger partial charge in [0, 0.05) is 41.3 Å². The first-order chi connectivity index (χ1) is 22.7. The fourth-order valence-corrected chi connectivity index (χ4v) is 6.08. The Morgan fingerprint density at radius 1 is 1.12 bits per heavy atom. The lowest BCUT2D eigenvalue weighted by Gasteiger charge is -2.25. The van der Waals surface area contributed by atoms with Crippen LogP contribution in [0.1, 0.15) is 88.0 Å². The molecule has 1 aliphatic carbocycles. The fourth-order valence-electron chi connectivity index (χ4n) is 5.60. The van der Waals surface area contributed by atoms with Crippen molar-refractivity contribution >= 4 is 32.1 Å². The van der Waals surface area contributed by atoms with E-state index in [1.807, 2.05) is 20.8 Å². The number of hydrogen-bond acceptors (Lipinski definition) is 9. The highest BCUT2D eigenvalue weighted by molar-refractivity contribution is 7.92. The Balaban J connectivity index is 1.68. The maximum Gasteiger partial charge on any atom is 0.413 e. The average Bonchev–Trinajstić information content (AvgIpc) is 3.68. The summed E-state index contributed by atoms with van der Waals surface area (Å²) < 4.78 is 81.1. The first kappa shape index (κ1) is 36.0. The van der Waals surface area contributed by atoms with Gasteiger partial charge < -0.3 is 10.6 Å². The van der Waals surface area contributed by atoms with Crippen LogP contribution in [0.15, 0.2) is 36.7 Å². The Kier molecular flexibility index (Phi) is 9.20. The molecule has 0 bridgehead atoms. The number of nitriles is 1. The van der Waals surface area contributed by atoms with Crippen molar-refractivity contribution in [3.8, 4) is 6.07 Å². The third-order valence-corrected chi connectivity index (χ3v) is 11.4. The number of sulfone groups is 1. The van der Waals surface area contributed by atoms with E-state index in [0.717, 1.165) is 10.7 Å². The van der Waals surface area contributed by atoms with Crippen molar-refractivity contribution in [1.29, 1.82) is 5.26 Å². The van der Waals surface area contributed by atoms with Gasteiger partial charge in [-0.25, -0.2) is 18.1 Å². The van der Waals surface area contributed by atoms with Crippen LogP contribution in [0.3, 0.4) is 0 Å². The first-order valence-electron chi connectivity index (χ1n) is 15.8. The molecule has 0 saturated heterocycles. The van der Waals surface area contributed by atoms with Crippen molar-refractivity contribution < 1.29 is 26.0 Å². The first-order valence-corrected chi connectivity index (χ1v) is 17.7. The summed E-state index contributed by atoms with van der Waals surface area (Å²) in [4.78, 5) is 8.56. The third kappa shape index (κ3) is 7.34. The Morgan fingerprint density at radius 2 is 1.82 bits per heavy atom. The van der Waals surface area contributed by atoms with Gasteiger partial charge in [0.2, 0.25) is 5.95 Å². The second-order valence-electron chi connectivity index (χ2n) is 14.6. The van der Waals surface area contributed by atoms with E-state index in [-0.39, 0.29) is 30.4 Å². The van der Waals surface area contributed by atoms with Gasteiger partial charge in [0.25, 0.3) is 0 Å². The molecule has 1 aliphatic rings. The van der Waals surface area contributed by atoms with Crippen molar-refractivity contribution in [2.45, 2.75) is 89.7 Å². The van der Waals surface area contributed by atoms with Gasteiger partial charge in [-0.2, -0.15) is 22.8 Å². The number of aryl methyl sites for hydroxylation is 2. The molecule has 0 radical (unpaired) electrons. The van der Waals surface area contributed by atoms with E-state index in [2.05, 4.69) is 37.0 Å². The molecule has 5 rings (SSSR count). The Bertz CT molecular complexity index is 2040. The number of rotatable bonds is 11. The van der Waals surface area contributed by atoms with Gasteiger partial charge in [0.05, 0.1) is 33.8 Å². The van der Waals surface area contributed by atoms with E-state index in [9.17, 15) is 31.2 Å². The molecule has 4 aromatic rings. The summed E-state index contributed by atoms with van der Waals surface area (Å²) in [5.41, 5.74) is 1.19. The van der Waals surface area contributed by atoms with Gasteiger partial charge in [0.1, 0.15) is 11.8 Å². The number of pyridine rings is 2. The monoisotopic (exact) mass is 700 g/mol. The molecular formula is C34H40F4N8O2S. The molecule has 10 nitrogen and oxygen atoms in total. The van der Waals surface area contributed by atoms with Crippen LogP contribution in [0.2, 0.25) is 0 Å². The van der Waals surface area contributed by atoms with Crippen molar-refractivity contribution in [1.82, 2.24) is 25.0 Å². The maximum absolute atomic E-state index is 14.1. The van der Waals surface area contributed by atoms with Crippen LogP contribution in [-0.2, 0) is 21.8 Å². The number of fused-ring (bicyclic) bond motifs is 1. The zero-order valence-corrected chi connectivity index (χ0v) is 29.3. The van der Waals surface area contributed by atoms with Crippen LogP contribution in [0, 0.1) is 29.6 Å². The van der Waals surface area contributed by atoms with Gasteiger partial charge in [-0.05, 0) is 75.6 Å². The van der Waals surface area contributed by atoms with Crippen molar-refractivity contribution in [2.75, 3.05) is 23.4 Å². The summed E-state index contributed by atoms with van der Waals surface area (Å²) >= 11 is 0. The standard InChI is InChI=1S/C34H40F4N8O2S/c1-20-24(8-9-27(35)42-20)30(26-18-46(45-44-26)33(12-13-33)34(36,37)38)43-23-14-21(10-11-32(5,6)49(7,47)48)28-25(15-23)29(22(16-39)17-40-28)41-19-31(2,3)4/h8-9,14-15,17-18,30,43H,10-13,19H2,1-7H3,(H,40,41)/t30-/m0/s1. The second-order valence-corrected chi connectivity index (χ2v) is 17.3. The fraction of sp³-hybridized carbons (Fsp3) is 0.500. The summed E-state index contributed by atoms with van der Waals surface area (Å²) in [7, 11) is -3.42. The van der Waals surface area contributed by atoms with Crippen LogP contribution < -0.4 is 10.6 Å².